The molecule has 0 aliphatic rings. The number of hydrogen-bond acceptors (Lipinski definition) is 3. The zero-order chi connectivity index (χ0) is 13.2. The lowest BCUT2D eigenvalue weighted by atomic mass is 10.2. The molecular formula is C15H25N3. The standard InChI is InChI=1S/C15H25N3/c1-4-9-16-12-14(2)13-18(3)11-8-15-7-5-6-10-17-15/h5-7,10,16H,2,4,8-9,11-13H2,1,3H3. The Kier molecular flexibility index (Phi) is 7.30. The van der Waals surface area contributed by atoms with Gasteiger partial charge in [-0.3, -0.25) is 4.98 Å². The summed E-state index contributed by atoms with van der Waals surface area (Å²) in [5, 5.41) is 3.38. The zero-order valence-corrected chi connectivity index (χ0v) is 11.7. The van der Waals surface area contributed by atoms with Crippen molar-refractivity contribution in [1.82, 2.24) is 15.2 Å². The molecule has 0 saturated carbocycles. The van der Waals surface area contributed by atoms with Gasteiger partial charge in [-0.2, -0.15) is 0 Å². The van der Waals surface area contributed by atoms with E-state index in [0.717, 1.165) is 38.3 Å². The molecule has 3 nitrogen and oxygen atoms in total. The summed E-state index contributed by atoms with van der Waals surface area (Å²) in [6.45, 7) is 10.2. The van der Waals surface area contributed by atoms with E-state index in [0.29, 0.717) is 0 Å². The topological polar surface area (TPSA) is 28.2 Å². The van der Waals surface area contributed by atoms with Crippen molar-refractivity contribution in [3.05, 3.63) is 42.2 Å². The molecule has 0 aliphatic heterocycles. The molecule has 3 heteroatoms. The predicted molar refractivity (Wildman–Crippen MR) is 77.7 cm³/mol. The second kappa shape index (κ2) is 8.84. The molecule has 1 aromatic rings. The van der Waals surface area contributed by atoms with Gasteiger partial charge in [0.2, 0.25) is 0 Å². The molecule has 100 valence electrons. The van der Waals surface area contributed by atoms with Crippen molar-refractivity contribution < 1.29 is 0 Å². The van der Waals surface area contributed by atoms with Crippen LogP contribution in [0, 0.1) is 0 Å². The molecule has 0 unspecified atom stereocenters. The number of aromatic nitrogens is 1. The van der Waals surface area contributed by atoms with E-state index in [1.165, 1.54) is 12.0 Å². The minimum Gasteiger partial charge on any atom is -0.313 e. The number of likely N-dealkylation sites (N-methyl/N-ethyl adjacent to an activating group) is 1. The van der Waals surface area contributed by atoms with Crippen LogP contribution in [0.2, 0.25) is 0 Å². The van der Waals surface area contributed by atoms with Gasteiger partial charge in [-0.05, 0) is 37.7 Å². The second-order valence-electron chi connectivity index (χ2n) is 4.74. The third-order valence-corrected chi connectivity index (χ3v) is 2.77. The molecule has 18 heavy (non-hydrogen) atoms. The van der Waals surface area contributed by atoms with Crippen molar-refractivity contribution >= 4 is 0 Å². The Morgan fingerprint density at radius 3 is 2.94 bits per heavy atom. The summed E-state index contributed by atoms with van der Waals surface area (Å²) < 4.78 is 0. The van der Waals surface area contributed by atoms with Crippen molar-refractivity contribution in [3.63, 3.8) is 0 Å². The number of nitrogens with one attached hydrogen (secondary N) is 1. The summed E-state index contributed by atoms with van der Waals surface area (Å²) in [6.07, 6.45) is 4.01. The molecule has 1 rings (SSSR count). The summed E-state index contributed by atoms with van der Waals surface area (Å²) in [7, 11) is 2.13. The van der Waals surface area contributed by atoms with Crippen LogP contribution >= 0.6 is 0 Å². The van der Waals surface area contributed by atoms with Crippen LogP contribution in [-0.4, -0.2) is 43.1 Å². The van der Waals surface area contributed by atoms with E-state index in [-0.39, 0.29) is 0 Å². The molecule has 0 radical (unpaired) electrons. The summed E-state index contributed by atoms with van der Waals surface area (Å²) in [4.78, 5) is 6.63. The summed E-state index contributed by atoms with van der Waals surface area (Å²) in [5.74, 6) is 0. The first kappa shape index (κ1) is 14.9. The van der Waals surface area contributed by atoms with E-state index in [9.17, 15) is 0 Å². The lowest BCUT2D eigenvalue weighted by molar-refractivity contribution is 0.362. The highest BCUT2D eigenvalue weighted by atomic mass is 15.1. The van der Waals surface area contributed by atoms with E-state index in [2.05, 4.69) is 41.8 Å². The fourth-order valence-corrected chi connectivity index (χ4v) is 1.81. The van der Waals surface area contributed by atoms with E-state index >= 15 is 0 Å². The quantitative estimate of drug-likeness (QED) is 0.535. The average Bonchev–Trinajstić information content (AvgIpc) is 2.38. The Balaban J connectivity index is 2.17. The molecule has 1 heterocycles. The maximum absolute atomic E-state index is 4.33. The Bertz CT molecular complexity index is 335. The molecule has 0 aromatic carbocycles. The van der Waals surface area contributed by atoms with E-state index in [4.69, 9.17) is 0 Å². The van der Waals surface area contributed by atoms with Crippen molar-refractivity contribution in [2.24, 2.45) is 0 Å². The van der Waals surface area contributed by atoms with Crippen molar-refractivity contribution in [2.45, 2.75) is 19.8 Å². The molecular weight excluding hydrogens is 222 g/mol. The Hall–Kier alpha value is -1.19. The van der Waals surface area contributed by atoms with Crippen molar-refractivity contribution in [3.8, 4) is 0 Å². The van der Waals surface area contributed by atoms with Gasteiger partial charge in [-0.15, -0.1) is 0 Å². The SMILES string of the molecule is C=C(CNCCC)CN(C)CCc1ccccn1. The Morgan fingerprint density at radius 1 is 1.44 bits per heavy atom. The van der Waals surface area contributed by atoms with Gasteiger partial charge in [-0.1, -0.05) is 19.6 Å². The van der Waals surface area contributed by atoms with Crippen LogP contribution in [0.25, 0.3) is 0 Å². The maximum atomic E-state index is 4.33. The fraction of sp³-hybridized carbons (Fsp3) is 0.533. The Labute approximate surface area is 111 Å². The third kappa shape index (κ3) is 6.52. The molecule has 1 aromatic heterocycles. The highest BCUT2D eigenvalue weighted by molar-refractivity contribution is 5.04. The molecule has 0 bridgehead atoms. The highest BCUT2D eigenvalue weighted by Crippen LogP contribution is 1.98. The van der Waals surface area contributed by atoms with Crippen LogP contribution in [0.5, 0.6) is 0 Å². The highest BCUT2D eigenvalue weighted by Gasteiger charge is 2.02. The van der Waals surface area contributed by atoms with Crippen LogP contribution in [0.15, 0.2) is 36.5 Å². The average molecular weight is 247 g/mol. The van der Waals surface area contributed by atoms with Gasteiger partial charge in [-0.25, -0.2) is 0 Å². The smallest absolute Gasteiger partial charge is 0.0416 e. The second-order valence-corrected chi connectivity index (χ2v) is 4.74. The molecule has 0 fully saturated rings. The van der Waals surface area contributed by atoms with Gasteiger partial charge in [0.05, 0.1) is 0 Å². The number of pyridine rings is 1. The summed E-state index contributed by atoms with van der Waals surface area (Å²) in [5.41, 5.74) is 2.39. The molecule has 0 atom stereocenters. The van der Waals surface area contributed by atoms with Crippen LogP contribution in [-0.2, 0) is 6.42 Å². The maximum Gasteiger partial charge on any atom is 0.0416 e. The van der Waals surface area contributed by atoms with Gasteiger partial charge in [0.1, 0.15) is 0 Å². The van der Waals surface area contributed by atoms with Crippen LogP contribution in [0.1, 0.15) is 19.0 Å². The van der Waals surface area contributed by atoms with E-state index < -0.39 is 0 Å². The fourth-order valence-electron chi connectivity index (χ4n) is 1.81. The minimum atomic E-state index is 0.918. The molecule has 0 aliphatic carbocycles. The normalized spacial score (nSPS) is 10.8. The van der Waals surface area contributed by atoms with Crippen LogP contribution in [0.4, 0.5) is 0 Å². The minimum absolute atomic E-state index is 0.918. The van der Waals surface area contributed by atoms with E-state index in [1.807, 2.05) is 18.3 Å². The van der Waals surface area contributed by atoms with Crippen LogP contribution in [0.3, 0.4) is 0 Å². The monoisotopic (exact) mass is 247 g/mol. The molecule has 0 amide bonds. The first-order valence-corrected chi connectivity index (χ1v) is 6.68. The summed E-state index contributed by atoms with van der Waals surface area (Å²) in [6, 6.07) is 6.07. The molecule has 0 spiro atoms. The van der Waals surface area contributed by atoms with Crippen LogP contribution < -0.4 is 5.32 Å². The lowest BCUT2D eigenvalue weighted by Gasteiger charge is -2.18. The van der Waals surface area contributed by atoms with Gasteiger partial charge < -0.3 is 10.2 Å². The van der Waals surface area contributed by atoms with E-state index in [1.54, 1.807) is 0 Å². The third-order valence-electron chi connectivity index (χ3n) is 2.77. The molecule has 1 N–H and O–H groups in total. The van der Waals surface area contributed by atoms with Gasteiger partial charge in [0.15, 0.2) is 0 Å². The van der Waals surface area contributed by atoms with Gasteiger partial charge in [0, 0.05) is 37.9 Å². The first-order chi connectivity index (χ1) is 8.72. The zero-order valence-electron chi connectivity index (χ0n) is 11.7. The van der Waals surface area contributed by atoms with Crippen molar-refractivity contribution in [1.29, 1.82) is 0 Å². The Morgan fingerprint density at radius 2 is 2.28 bits per heavy atom. The number of nitrogens with zero attached hydrogens (tertiary/aromatic N) is 2. The van der Waals surface area contributed by atoms with Gasteiger partial charge in [0.25, 0.3) is 0 Å². The van der Waals surface area contributed by atoms with Crippen molar-refractivity contribution in [2.75, 3.05) is 33.2 Å². The molecule has 0 saturated heterocycles. The number of hydrogen-bond donors (Lipinski definition) is 1. The number of rotatable bonds is 9. The lowest BCUT2D eigenvalue weighted by Crippen LogP contribution is -2.28. The largest absolute Gasteiger partial charge is 0.313 e. The predicted octanol–water partition coefficient (Wildman–Crippen LogP) is 2.11. The first-order valence-electron chi connectivity index (χ1n) is 6.68. The summed E-state index contributed by atoms with van der Waals surface area (Å²) >= 11 is 0. The van der Waals surface area contributed by atoms with Gasteiger partial charge >= 0.3 is 0 Å².